The number of allylic oxidation sites excluding steroid dienone is 2. The Labute approximate surface area is 218 Å². The predicted octanol–water partition coefficient (Wildman–Crippen LogP) is 2.78. The van der Waals surface area contributed by atoms with Crippen molar-refractivity contribution in [1.82, 2.24) is 30.4 Å². The van der Waals surface area contributed by atoms with E-state index in [0.717, 1.165) is 9.75 Å². The van der Waals surface area contributed by atoms with Crippen LogP contribution in [0.2, 0.25) is 8.93 Å². The third kappa shape index (κ3) is 6.59. The van der Waals surface area contributed by atoms with Crippen molar-refractivity contribution < 1.29 is 9.85 Å². The largest absolute Gasteiger partial charge is 0.291 e. The lowest BCUT2D eigenvalue weighted by atomic mass is 10.2. The van der Waals surface area contributed by atoms with E-state index in [1.165, 1.54) is 34.8 Å². The van der Waals surface area contributed by atoms with Gasteiger partial charge in [0.2, 0.25) is 0 Å². The second-order valence-corrected chi connectivity index (χ2v) is 11.2. The second-order valence-electron chi connectivity index (χ2n) is 7.82. The lowest BCUT2D eigenvalue weighted by Crippen LogP contribution is -2.39. The molecule has 188 valence electrons. The summed E-state index contributed by atoms with van der Waals surface area (Å²) in [5.74, 6) is 0. The Bertz CT molecular complexity index is 1050. The topological polar surface area (TPSA) is 143 Å². The van der Waals surface area contributed by atoms with Crippen LogP contribution in [0.15, 0.2) is 35.9 Å². The van der Waals surface area contributed by atoms with Crippen LogP contribution >= 0.6 is 45.9 Å². The van der Waals surface area contributed by atoms with Crippen molar-refractivity contribution in [2.45, 2.75) is 31.8 Å². The van der Waals surface area contributed by atoms with Crippen LogP contribution in [0.4, 0.5) is 0 Å². The number of rotatable bonds is 10. The van der Waals surface area contributed by atoms with Gasteiger partial charge in [-0.25, -0.2) is 9.97 Å². The van der Waals surface area contributed by atoms with Gasteiger partial charge in [-0.2, -0.15) is 0 Å². The molecule has 2 aliphatic heterocycles. The van der Waals surface area contributed by atoms with Gasteiger partial charge in [0.05, 0.1) is 9.85 Å². The molecule has 0 bridgehead atoms. The van der Waals surface area contributed by atoms with Crippen LogP contribution in [0.1, 0.15) is 16.2 Å². The maximum absolute atomic E-state index is 11.9. The number of hydrogen-bond acceptors (Lipinski definition) is 12. The van der Waals surface area contributed by atoms with E-state index < -0.39 is 22.2 Å². The number of halogens is 2. The normalized spacial score (nSPS) is 22.2. The Kier molecular flexibility index (Phi) is 8.77. The highest BCUT2D eigenvalue weighted by Crippen LogP contribution is 2.25. The molecule has 2 fully saturated rings. The summed E-state index contributed by atoms with van der Waals surface area (Å²) in [6.07, 6.45) is 4.99. The molecule has 2 N–H and O–H groups in total. The highest BCUT2D eigenvalue weighted by molar-refractivity contribution is 7.16. The number of nitrogens with one attached hydrogen (secondary N) is 2. The summed E-state index contributed by atoms with van der Waals surface area (Å²) in [5.41, 5.74) is -0.0970. The van der Waals surface area contributed by atoms with E-state index in [2.05, 4.69) is 20.6 Å². The first-order valence-electron chi connectivity index (χ1n) is 10.7. The number of thiazole rings is 2. The van der Waals surface area contributed by atoms with E-state index in [4.69, 9.17) is 23.2 Å². The summed E-state index contributed by atoms with van der Waals surface area (Å²) >= 11 is 14.5. The van der Waals surface area contributed by atoms with Crippen molar-refractivity contribution >= 4 is 45.9 Å². The zero-order chi connectivity index (χ0) is 24.9. The molecule has 2 aromatic rings. The summed E-state index contributed by atoms with van der Waals surface area (Å²) in [5, 5.41) is 30.0. The minimum atomic E-state index is -0.615. The second kappa shape index (κ2) is 11.8. The average Bonchev–Trinajstić information content (AvgIpc) is 3.59. The molecule has 12 nitrogen and oxygen atoms in total. The molecule has 0 saturated carbocycles. The molecule has 0 aromatic carbocycles. The zero-order valence-corrected chi connectivity index (χ0v) is 21.4. The lowest BCUT2D eigenvalue weighted by molar-refractivity contribution is -0.434. The Hall–Kier alpha value is -2.04. The minimum absolute atomic E-state index is 0.0451. The zero-order valence-electron chi connectivity index (χ0n) is 18.3. The molecule has 2 aliphatic rings. The van der Waals surface area contributed by atoms with Crippen molar-refractivity contribution in [3.63, 3.8) is 0 Å². The van der Waals surface area contributed by atoms with Gasteiger partial charge in [-0.15, -0.1) is 22.7 Å². The van der Waals surface area contributed by atoms with Crippen molar-refractivity contribution in [1.29, 1.82) is 0 Å². The van der Waals surface area contributed by atoms with E-state index in [9.17, 15) is 20.2 Å². The number of nitrogens with zero attached hydrogens (tertiary/aromatic N) is 6. The van der Waals surface area contributed by atoms with Crippen molar-refractivity contribution in [3.05, 3.63) is 74.9 Å². The predicted molar refractivity (Wildman–Crippen MR) is 133 cm³/mol. The summed E-state index contributed by atoms with van der Waals surface area (Å²) in [6.45, 7) is 3.33. The molecule has 2 atom stereocenters. The van der Waals surface area contributed by atoms with Gasteiger partial charge in [0.1, 0.15) is 0 Å². The van der Waals surface area contributed by atoms with Gasteiger partial charge in [-0.05, 0) is 18.6 Å². The molecule has 2 aromatic heterocycles. The van der Waals surface area contributed by atoms with Gasteiger partial charge >= 0.3 is 0 Å². The molecular formula is C19H22Cl2N8O4S2. The van der Waals surface area contributed by atoms with Crippen LogP contribution in [-0.2, 0) is 13.1 Å². The molecule has 2 saturated heterocycles. The summed E-state index contributed by atoms with van der Waals surface area (Å²) in [4.78, 5) is 36.5. The van der Waals surface area contributed by atoms with Gasteiger partial charge < -0.3 is 0 Å². The standard InChI is InChI=1S/C19H22Cl2N8O4S2/c20-18-24-8-12(34-18)10-26-6-4-22-16(26)14(28(30)31)2-1-3-15(29(32)33)17-23-5-7-27(17)11-13-9-25-19(21)35-13/h2-3,8-9,16-17,22-23H,1,4-7,10-11H2/b14-2-,15-3-. The Morgan fingerprint density at radius 3 is 1.71 bits per heavy atom. The molecule has 0 aliphatic carbocycles. The number of nitro groups is 2. The first-order chi connectivity index (χ1) is 16.8. The van der Waals surface area contributed by atoms with Crippen LogP contribution in [0.3, 0.4) is 0 Å². The van der Waals surface area contributed by atoms with Crippen molar-refractivity contribution in [3.8, 4) is 0 Å². The smallest absolute Gasteiger partial charge is 0.274 e. The summed E-state index contributed by atoms with van der Waals surface area (Å²) in [7, 11) is 0. The highest BCUT2D eigenvalue weighted by atomic mass is 35.5. The van der Waals surface area contributed by atoms with Gasteiger partial charge in [0.25, 0.3) is 11.4 Å². The fourth-order valence-electron chi connectivity index (χ4n) is 4.12. The molecule has 2 unspecified atom stereocenters. The van der Waals surface area contributed by atoms with Crippen LogP contribution in [-0.4, -0.2) is 68.1 Å². The maximum Gasteiger partial charge on any atom is 0.274 e. The van der Waals surface area contributed by atoms with Crippen molar-refractivity contribution in [2.24, 2.45) is 0 Å². The van der Waals surface area contributed by atoms with E-state index in [-0.39, 0.29) is 17.8 Å². The van der Waals surface area contributed by atoms with Crippen LogP contribution in [0, 0.1) is 20.2 Å². The monoisotopic (exact) mass is 560 g/mol. The third-order valence-corrected chi connectivity index (χ3v) is 7.81. The lowest BCUT2D eigenvalue weighted by Gasteiger charge is -2.21. The summed E-state index contributed by atoms with van der Waals surface area (Å²) in [6, 6.07) is 0. The van der Waals surface area contributed by atoms with Gasteiger partial charge in [-0.1, -0.05) is 23.2 Å². The number of aromatic nitrogens is 2. The van der Waals surface area contributed by atoms with E-state index in [1.807, 2.05) is 9.80 Å². The maximum atomic E-state index is 11.9. The highest BCUT2D eigenvalue weighted by Gasteiger charge is 2.36. The average molecular weight is 561 g/mol. The van der Waals surface area contributed by atoms with Crippen LogP contribution < -0.4 is 10.6 Å². The Balaban J connectivity index is 1.48. The molecule has 16 heteroatoms. The van der Waals surface area contributed by atoms with Gasteiger partial charge in [0.15, 0.2) is 21.3 Å². The molecule has 0 radical (unpaired) electrons. The molecule has 0 amide bonds. The molecule has 4 heterocycles. The van der Waals surface area contributed by atoms with Crippen molar-refractivity contribution in [2.75, 3.05) is 26.2 Å². The van der Waals surface area contributed by atoms with Gasteiger partial charge in [-0.3, -0.25) is 40.7 Å². The quantitative estimate of drug-likeness (QED) is 0.328. The fourth-order valence-corrected chi connectivity index (χ4v) is 6.12. The Morgan fingerprint density at radius 2 is 1.37 bits per heavy atom. The molecule has 35 heavy (non-hydrogen) atoms. The first kappa shape index (κ1) is 26.0. The fraction of sp³-hybridized carbons (Fsp3) is 0.474. The third-order valence-electron chi connectivity index (χ3n) is 5.61. The Morgan fingerprint density at radius 1 is 0.943 bits per heavy atom. The SMILES string of the molecule is O=[N+]([O-])/C(=C\C/C=C(/C1NCCN1Cc1cnc(Cl)s1)[N+](=O)[O-])C1NCCN1Cc1cnc(Cl)s1. The van der Waals surface area contributed by atoms with Crippen LogP contribution in [0.5, 0.6) is 0 Å². The minimum Gasteiger partial charge on any atom is -0.291 e. The van der Waals surface area contributed by atoms with E-state index in [0.29, 0.717) is 48.2 Å². The number of hydrogen-bond donors (Lipinski definition) is 2. The molecule has 0 spiro atoms. The van der Waals surface area contributed by atoms with Gasteiger partial charge in [0, 0.05) is 61.4 Å². The molecular weight excluding hydrogens is 539 g/mol. The van der Waals surface area contributed by atoms with E-state index in [1.54, 1.807) is 12.4 Å². The first-order valence-corrected chi connectivity index (χ1v) is 13.0. The van der Waals surface area contributed by atoms with E-state index >= 15 is 0 Å². The molecule has 4 rings (SSSR count). The van der Waals surface area contributed by atoms with Crippen LogP contribution in [0.25, 0.3) is 0 Å². The summed E-state index contributed by atoms with van der Waals surface area (Å²) < 4.78 is 0.832.